The molecule has 1 aliphatic rings. The van der Waals surface area contributed by atoms with Gasteiger partial charge in [-0.2, -0.15) is 0 Å². The standard InChI is InChI=1S/C23H28N6.HI/c1-18-25-13-14-29(18)21-10-9-19(15-26-21)16-27-22(24-2)28-17-23(11-6-12-23)20-7-4-3-5-8-20;/h3-5,7-10,13-15H,6,11-12,16-17H2,1-2H3,(H2,24,27,28);1H. The number of aliphatic imine (C=N–C) groups is 1. The maximum atomic E-state index is 4.56. The summed E-state index contributed by atoms with van der Waals surface area (Å²) in [4.78, 5) is 13.2. The third-order valence-corrected chi connectivity index (χ3v) is 5.86. The van der Waals surface area contributed by atoms with Crippen molar-refractivity contribution in [2.75, 3.05) is 13.6 Å². The van der Waals surface area contributed by atoms with Crippen molar-refractivity contribution in [3.63, 3.8) is 0 Å². The Morgan fingerprint density at radius 2 is 1.90 bits per heavy atom. The molecule has 1 fully saturated rings. The maximum Gasteiger partial charge on any atom is 0.191 e. The van der Waals surface area contributed by atoms with E-state index in [4.69, 9.17) is 0 Å². The minimum Gasteiger partial charge on any atom is -0.356 e. The van der Waals surface area contributed by atoms with Gasteiger partial charge in [0.1, 0.15) is 11.6 Å². The van der Waals surface area contributed by atoms with Crippen molar-refractivity contribution in [1.29, 1.82) is 0 Å². The number of hydrogen-bond acceptors (Lipinski definition) is 3. The van der Waals surface area contributed by atoms with E-state index in [2.05, 4.69) is 62.0 Å². The Morgan fingerprint density at radius 3 is 2.47 bits per heavy atom. The Labute approximate surface area is 195 Å². The van der Waals surface area contributed by atoms with Crippen LogP contribution in [0.3, 0.4) is 0 Å². The number of imidazole rings is 1. The number of nitrogens with zero attached hydrogens (tertiary/aromatic N) is 4. The van der Waals surface area contributed by atoms with E-state index in [1.165, 1.54) is 24.8 Å². The predicted octanol–water partition coefficient (Wildman–Crippen LogP) is 3.98. The summed E-state index contributed by atoms with van der Waals surface area (Å²) < 4.78 is 1.97. The molecule has 0 radical (unpaired) electrons. The average Bonchev–Trinajstić information content (AvgIpc) is 3.16. The fourth-order valence-electron chi connectivity index (χ4n) is 3.91. The molecular weight excluding hydrogens is 487 g/mol. The van der Waals surface area contributed by atoms with Crippen LogP contribution in [0.2, 0.25) is 0 Å². The van der Waals surface area contributed by atoms with E-state index >= 15 is 0 Å². The third-order valence-electron chi connectivity index (χ3n) is 5.86. The van der Waals surface area contributed by atoms with Crippen LogP contribution in [-0.2, 0) is 12.0 Å². The zero-order valence-electron chi connectivity index (χ0n) is 17.5. The van der Waals surface area contributed by atoms with E-state index in [1.54, 1.807) is 6.20 Å². The molecule has 7 heteroatoms. The van der Waals surface area contributed by atoms with E-state index in [9.17, 15) is 0 Å². The summed E-state index contributed by atoms with van der Waals surface area (Å²) in [5.41, 5.74) is 2.75. The van der Waals surface area contributed by atoms with Crippen LogP contribution in [0, 0.1) is 6.92 Å². The number of halogens is 1. The molecule has 2 heterocycles. The van der Waals surface area contributed by atoms with Gasteiger partial charge in [-0.15, -0.1) is 24.0 Å². The summed E-state index contributed by atoms with van der Waals surface area (Å²) in [5.74, 6) is 2.62. The lowest BCUT2D eigenvalue weighted by Gasteiger charge is -2.43. The van der Waals surface area contributed by atoms with Gasteiger partial charge in [-0.25, -0.2) is 9.97 Å². The Kier molecular flexibility index (Phi) is 7.47. The molecule has 4 rings (SSSR count). The van der Waals surface area contributed by atoms with E-state index < -0.39 is 0 Å². The minimum atomic E-state index is 0. The lowest BCUT2D eigenvalue weighted by atomic mass is 9.64. The fraction of sp³-hybridized carbons (Fsp3) is 0.348. The van der Waals surface area contributed by atoms with Gasteiger partial charge in [-0.05, 0) is 37.0 Å². The molecule has 0 unspecified atom stereocenters. The van der Waals surface area contributed by atoms with Gasteiger partial charge in [0.2, 0.25) is 0 Å². The molecule has 0 bridgehead atoms. The monoisotopic (exact) mass is 516 g/mol. The molecule has 0 aliphatic heterocycles. The Morgan fingerprint density at radius 1 is 1.10 bits per heavy atom. The first-order chi connectivity index (χ1) is 14.2. The van der Waals surface area contributed by atoms with Gasteiger partial charge in [0.15, 0.2) is 5.96 Å². The van der Waals surface area contributed by atoms with Crippen LogP contribution in [0.1, 0.15) is 36.2 Å². The van der Waals surface area contributed by atoms with Crippen molar-refractivity contribution < 1.29 is 0 Å². The Balaban J connectivity index is 0.00000256. The number of hydrogen-bond donors (Lipinski definition) is 2. The molecule has 2 aromatic heterocycles. The summed E-state index contributed by atoms with van der Waals surface area (Å²) in [6.07, 6.45) is 9.33. The highest BCUT2D eigenvalue weighted by atomic mass is 127. The number of guanidine groups is 1. The van der Waals surface area contributed by atoms with Gasteiger partial charge in [0.25, 0.3) is 0 Å². The van der Waals surface area contributed by atoms with Crippen molar-refractivity contribution in [3.8, 4) is 5.82 Å². The zero-order chi connectivity index (χ0) is 20.1. The van der Waals surface area contributed by atoms with E-state index in [-0.39, 0.29) is 29.4 Å². The van der Waals surface area contributed by atoms with Crippen LogP contribution in [0.5, 0.6) is 0 Å². The molecule has 0 spiro atoms. The molecule has 1 aromatic carbocycles. The molecular formula is C23H29IN6. The van der Waals surface area contributed by atoms with Crippen LogP contribution >= 0.6 is 24.0 Å². The first-order valence-electron chi connectivity index (χ1n) is 10.2. The van der Waals surface area contributed by atoms with Crippen molar-refractivity contribution in [3.05, 3.63) is 78.0 Å². The van der Waals surface area contributed by atoms with E-state index in [1.807, 2.05) is 37.0 Å². The fourth-order valence-corrected chi connectivity index (χ4v) is 3.91. The smallest absolute Gasteiger partial charge is 0.191 e. The molecule has 6 nitrogen and oxygen atoms in total. The van der Waals surface area contributed by atoms with E-state index in [0.717, 1.165) is 29.7 Å². The Hall–Kier alpha value is -2.42. The van der Waals surface area contributed by atoms with Crippen LogP contribution in [0.25, 0.3) is 5.82 Å². The second-order valence-corrected chi connectivity index (χ2v) is 7.65. The van der Waals surface area contributed by atoms with E-state index in [0.29, 0.717) is 6.54 Å². The highest BCUT2D eigenvalue weighted by molar-refractivity contribution is 14.0. The first-order valence-corrected chi connectivity index (χ1v) is 10.2. The second-order valence-electron chi connectivity index (χ2n) is 7.65. The normalized spacial score (nSPS) is 15.1. The molecule has 158 valence electrons. The van der Waals surface area contributed by atoms with Gasteiger partial charge in [0, 0.05) is 44.1 Å². The lowest BCUT2D eigenvalue weighted by molar-refractivity contribution is 0.244. The molecule has 0 amide bonds. The average molecular weight is 516 g/mol. The Bertz CT molecular complexity index is 961. The van der Waals surface area contributed by atoms with Crippen molar-refractivity contribution in [2.45, 2.75) is 38.1 Å². The largest absolute Gasteiger partial charge is 0.356 e. The lowest BCUT2D eigenvalue weighted by Crippen LogP contribution is -2.48. The second kappa shape index (κ2) is 10.1. The molecule has 0 atom stereocenters. The highest BCUT2D eigenvalue weighted by Gasteiger charge is 2.38. The van der Waals surface area contributed by atoms with Gasteiger partial charge in [0.05, 0.1) is 0 Å². The molecule has 0 saturated heterocycles. The van der Waals surface area contributed by atoms with Crippen LogP contribution < -0.4 is 10.6 Å². The maximum absolute atomic E-state index is 4.56. The van der Waals surface area contributed by atoms with Crippen molar-refractivity contribution >= 4 is 29.9 Å². The van der Waals surface area contributed by atoms with Crippen LogP contribution in [0.4, 0.5) is 0 Å². The van der Waals surface area contributed by atoms with Gasteiger partial charge in [-0.1, -0.05) is 42.8 Å². The predicted molar refractivity (Wildman–Crippen MR) is 132 cm³/mol. The number of aromatic nitrogens is 3. The van der Waals surface area contributed by atoms with Crippen molar-refractivity contribution in [2.24, 2.45) is 4.99 Å². The third kappa shape index (κ3) is 4.83. The number of aryl methyl sites for hydroxylation is 1. The van der Waals surface area contributed by atoms with Gasteiger partial charge in [-0.3, -0.25) is 9.56 Å². The summed E-state index contributed by atoms with van der Waals surface area (Å²) in [6, 6.07) is 14.9. The van der Waals surface area contributed by atoms with Crippen LogP contribution in [0.15, 0.2) is 66.0 Å². The molecule has 3 aromatic rings. The van der Waals surface area contributed by atoms with Crippen LogP contribution in [-0.4, -0.2) is 34.1 Å². The number of benzene rings is 1. The number of pyridine rings is 1. The minimum absolute atomic E-state index is 0. The molecule has 30 heavy (non-hydrogen) atoms. The zero-order valence-corrected chi connectivity index (χ0v) is 19.8. The summed E-state index contributed by atoms with van der Waals surface area (Å²) in [7, 11) is 1.81. The molecule has 2 N–H and O–H groups in total. The van der Waals surface area contributed by atoms with Crippen molar-refractivity contribution in [1.82, 2.24) is 25.2 Å². The summed E-state index contributed by atoms with van der Waals surface area (Å²) in [6.45, 7) is 3.54. The SMILES string of the molecule is CN=C(NCc1ccc(-n2ccnc2C)nc1)NCC1(c2ccccc2)CCC1.I. The summed E-state index contributed by atoms with van der Waals surface area (Å²) in [5, 5.41) is 6.93. The number of rotatable bonds is 6. The highest BCUT2D eigenvalue weighted by Crippen LogP contribution is 2.43. The topological polar surface area (TPSA) is 67.1 Å². The number of nitrogens with one attached hydrogen (secondary N) is 2. The van der Waals surface area contributed by atoms with Gasteiger partial charge >= 0.3 is 0 Å². The first kappa shape index (κ1) is 22.3. The molecule has 1 aliphatic carbocycles. The molecule has 1 saturated carbocycles. The summed E-state index contributed by atoms with van der Waals surface area (Å²) >= 11 is 0. The van der Waals surface area contributed by atoms with Gasteiger partial charge < -0.3 is 10.6 Å². The quantitative estimate of drug-likeness (QED) is 0.296.